The maximum absolute atomic E-state index is 13.4. The molecule has 114 valence electrons. The summed E-state index contributed by atoms with van der Waals surface area (Å²) >= 11 is -1.41. The molecule has 4 N–H and O–H groups in total. The Balaban J connectivity index is 2.90. The SMILES string of the molecule is CC(C)(C)[S@@+]([O-])N[C@H](N)c1cccc(C(F)(F)CO)c1. The summed E-state index contributed by atoms with van der Waals surface area (Å²) in [5.41, 5.74) is 5.89. The molecule has 0 heterocycles. The minimum absolute atomic E-state index is 0.323. The molecular formula is C13H20F2N2O2S. The molecule has 0 spiro atoms. The van der Waals surface area contributed by atoms with Crippen LogP contribution in [0.25, 0.3) is 0 Å². The van der Waals surface area contributed by atoms with Crippen molar-refractivity contribution < 1.29 is 18.4 Å². The van der Waals surface area contributed by atoms with Gasteiger partial charge >= 0.3 is 0 Å². The predicted molar refractivity (Wildman–Crippen MR) is 75.4 cm³/mol. The number of halogens is 2. The van der Waals surface area contributed by atoms with Crippen molar-refractivity contribution in [2.24, 2.45) is 5.73 Å². The third-order valence-electron chi connectivity index (χ3n) is 2.66. The van der Waals surface area contributed by atoms with Crippen molar-refractivity contribution in [3.05, 3.63) is 35.4 Å². The lowest BCUT2D eigenvalue weighted by Crippen LogP contribution is -2.43. The number of hydrogen-bond acceptors (Lipinski definition) is 4. The summed E-state index contributed by atoms with van der Waals surface area (Å²) in [5.74, 6) is -3.32. The third-order valence-corrected chi connectivity index (χ3v) is 4.24. The second kappa shape index (κ2) is 6.36. The molecule has 1 aromatic rings. The average molecular weight is 306 g/mol. The number of alkyl halides is 2. The Morgan fingerprint density at radius 2 is 2.00 bits per heavy atom. The Hall–Kier alpha value is -0.730. The fourth-order valence-corrected chi connectivity index (χ4v) is 2.13. The number of aliphatic hydroxyl groups is 1. The number of nitrogens with one attached hydrogen (secondary N) is 1. The second-order valence-electron chi connectivity index (χ2n) is 5.46. The van der Waals surface area contributed by atoms with Gasteiger partial charge in [0.2, 0.25) is 0 Å². The normalized spacial score (nSPS) is 16.0. The molecule has 0 bridgehead atoms. The van der Waals surface area contributed by atoms with Crippen LogP contribution in [0.3, 0.4) is 0 Å². The Bertz CT molecular complexity index is 452. The first-order valence-electron chi connectivity index (χ1n) is 6.10. The molecule has 0 aliphatic carbocycles. The fraction of sp³-hybridized carbons (Fsp3) is 0.538. The summed E-state index contributed by atoms with van der Waals surface area (Å²) in [4.78, 5) is 0. The zero-order valence-electron chi connectivity index (χ0n) is 11.7. The molecule has 7 heteroatoms. The van der Waals surface area contributed by atoms with E-state index in [9.17, 15) is 13.3 Å². The van der Waals surface area contributed by atoms with Crippen molar-refractivity contribution in [1.29, 1.82) is 0 Å². The highest BCUT2D eigenvalue weighted by Gasteiger charge is 2.32. The Morgan fingerprint density at radius 3 is 2.50 bits per heavy atom. The molecule has 0 unspecified atom stereocenters. The third kappa shape index (κ3) is 4.39. The summed E-state index contributed by atoms with van der Waals surface area (Å²) in [7, 11) is 0. The number of benzene rings is 1. The van der Waals surface area contributed by atoms with Crippen molar-refractivity contribution in [3.63, 3.8) is 0 Å². The van der Waals surface area contributed by atoms with Crippen LogP contribution in [0.2, 0.25) is 0 Å². The molecule has 0 amide bonds. The van der Waals surface area contributed by atoms with Crippen LogP contribution in [-0.2, 0) is 17.3 Å². The van der Waals surface area contributed by atoms with E-state index in [4.69, 9.17) is 10.8 Å². The Morgan fingerprint density at radius 1 is 1.40 bits per heavy atom. The van der Waals surface area contributed by atoms with Crippen LogP contribution < -0.4 is 10.5 Å². The lowest BCUT2D eigenvalue weighted by Gasteiger charge is -2.26. The van der Waals surface area contributed by atoms with E-state index in [1.165, 1.54) is 18.2 Å². The van der Waals surface area contributed by atoms with Gasteiger partial charge in [-0.3, -0.25) is 0 Å². The maximum atomic E-state index is 13.4. The minimum Gasteiger partial charge on any atom is -0.598 e. The van der Waals surface area contributed by atoms with Crippen molar-refractivity contribution >= 4 is 11.4 Å². The molecule has 0 fully saturated rings. The highest BCUT2D eigenvalue weighted by Crippen LogP contribution is 2.28. The summed E-state index contributed by atoms with van der Waals surface area (Å²) in [6.45, 7) is 4.06. The first-order chi connectivity index (χ1) is 9.08. The molecule has 0 saturated carbocycles. The van der Waals surface area contributed by atoms with E-state index in [0.29, 0.717) is 5.56 Å². The van der Waals surface area contributed by atoms with Crippen LogP contribution in [0, 0.1) is 0 Å². The molecule has 0 aliphatic heterocycles. The highest BCUT2D eigenvalue weighted by atomic mass is 32.2. The van der Waals surface area contributed by atoms with E-state index in [2.05, 4.69) is 4.72 Å². The number of hydrogen-bond donors (Lipinski definition) is 3. The standard InChI is InChI=1S/C13H20F2N2O2S/c1-12(2,3)20(19)17-11(16)9-5-4-6-10(7-9)13(14,15)8-18/h4-7,11,17-18H,8,16H2,1-3H3/t11-,20+/m0/s1. The molecular weight excluding hydrogens is 286 g/mol. The van der Waals surface area contributed by atoms with E-state index in [1.807, 2.05) is 0 Å². The topological polar surface area (TPSA) is 81.3 Å². The molecule has 1 rings (SSSR count). The first kappa shape index (κ1) is 17.3. The van der Waals surface area contributed by atoms with Gasteiger partial charge < -0.3 is 15.4 Å². The van der Waals surface area contributed by atoms with Gasteiger partial charge in [-0.15, -0.1) is 4.72 Å². The van der Waals surface area contributed by atoms with Gasteiger partial charge in [0.15, 0.2) is 0 Å². The van der Waals surface area contributed by atoms with Crippen LogP contribution in [0.4, 0.5) is 8.78 Å². The summed E-state index contributed by atoms with van der Waals surface area (Å²) < 4.78 is 40.9. The Labute approximate surface area is 120 Å². The highest BCUT2D eigenvalue weighted by molar-refractivity contribution is 7.90. The van der Waals surface area contributed by atoms with Gasteiger partial charge in [0.05, 0.1) is 0 Å². The lowest BCUT2D eigenvalue weighted by molar-refractivity contribution is -0.0556. The Kier molecular flexibility index (Phi) is 5.51. The van der Waals surface area contributed by atoms with Crippen LogP contribution in [0.1, 0.15) is 38.1 Å². The molecule has 1 aromatic carbocycles. The molecule has 0 aliphatic rings. The van der Waals surface area contributed by atoms with Gasteiger partial charge in [0.1, 0.15) is 17.5 Å². The molecule has 2 atom stereocenters. The molecule has 0 radical (unpaired) electrons. The van der Waals surface area contributed by atoms with Gasteiger partial charge in [0.25, 0.3) is 5.92 Å². The predicted octanol–water partition coefficient (Wildman–Crippen LogP) is 1.78. The first-order valence-corrected chi connectivity index (χ1v) is 7.25. The van der Waals surface area contributed by atoms with Gasteiger partial charge in [-0.1, -0.05) is 18.2 Å². The zero-order chi connectivity index (χ0) is 15.6. The average Bonchev–Trinajstić information content (AvgIpc) is 2.37. The van der Waals surface area contributed by atoms with Gasteiger partial charge in [-0.25, -0.2) is 0 Å². The number of nitrogens with two attached hydrogens (primary N) is 1. The van der Waals surface area contributed by atoms with Gasteiger partial charge in [-0.2, -0.15) is 8.78 Å². The number of aliphatic hydroxyl groups excluding tert-OH is 1. The summed E-state index contributed by atoms with van der Waals surface area (Å²) in [6, 6.07) is 5.41. The summed E-state index contributed by atoms with van der Waals surface area (Å²) in [5, 5.41) is 8.68. The van der Waals surface area contributed by atoms with Crippen LogP contribution in [-0.4, -0.2) is 21.0 Å². The molecule has 0 aromatic heterocycles. The second-order valence-corrected chi connectivity index (χ2v) is 7.46. The van der Waals surface area contributed by atoms with Crippen LogP contribution >= 0.6 is 0 Å². The molecule has 4 nitrogen and oxygen atoms in total. The van der Waals surface area contributed by atoms with Gasteiger partial charge in [0, 0.05) is 16.9 Å². The summed E-state index contributed by atoms with van der Waals surface area (Å²) in [6.07, 6.45) is -0.829. The van der Waals surface area contributed by atoms with Crippen LogP contribution in [0.5, 0.6) is 0 Å². The monoisotopic (exact) mass is 306 g/mol. The quantitative estimate of drug-likeness (QED) is 0.572. The smallest absolute Gasteiger partial charge is 0.295 e. The number of rotatable bonds is 5. The van der Waals surface area contributed by atoms with Crippen molar-refractivity contribution in [1.82, 2.24) is 4.72 Å². The van der Waals surface area contributed by atoms with Crippen LogP contribution in [0.15, 0.2) is 24.3 Å². The zero-order valence-corrected chi connectivity index (χ0v) is 12.5. The van der Waals surface area contributed by atoms with Crippen molar-refractivity contribution in [2.45, 2.75) is 37.6 Å². The van der Waals surface area contributed by atoms with E-state index in [-0.39, 0.29) is 5.56 Å². The molecule has 20 heavy (non-hydrogen) atoms. The van der Waals surface area contributed by atoms with Crippen molar-refractivity contribution in [2.75, 3.05) is 6.61 Å². The maximum Gasteiger partial charge on any atom is 0.295 e. The largest absolute Gasteiger partial charge is 0.598 e. The van der Waals surface area contributed by atoms with Gasteiger partial charge in [-0.05, 0) is 32.4 Å². The van der Waals surface area contributed by atoms with E-state index in [1.54, 1.807) is 26.8 Å². The molecule has 0 saturated heterocycles. The van der Waals surface area contributed by atoms with Crippen molar-refractivity contribution in [3.8, 4) is 0 Å². The lowest BCUT2D eigenvalue weighted by atomic mass is 10.0. The van der Waals surface area contributed by atoms with E-state index in [0.717, 1.165) is 0 Å². The fourth-order valence-electron chi connectivity index (χ4n) is 1.41. The van der Waals surface area contributed by atoms with E-state index >= 15 is 0 Å². The minimum atomic E-state index is -3.32. The van der Waals surface area contributed by atoms with E-state index < -0.39 is 34.8 Å².